The molecule has 2 aliphatic rings. The third kappa shape index (κ3) is 4.05. The number of amides is 2. The molecule has 2 fully saturated rings. The van der Waals surface area contributed by atoms with Gasteiger partial charge in [0.25, 0.3) is 5.91 Å². The van der Waals surface area contributed by atoms with Crippen LogP contribution in [0.1, 0.15) is 23.2 Å². The van der Waals surface area contributed by atoms with Gasteiger partial charge in [0.05, 0.1) is 11.5 Å². The lowest BCUT2D eigenvalue weighted by molar-refractivity contribution is -0.134. The zero-order valence-electron chi connectivity index (χ0n) is 13.5. The molecular weight excluding hydrogens is 333 g/mol. The van der Waals surface area contributed by atoms with Crippen molar-refractivity contribution in [2.45, 2.75) is 12.8 Å². The molecule has 24 heavy (non-hydrogen) atoms. The lowest BCUT2D eigenvalue weighted by Crippen LogP contribution is -2.40. The summed E-state index contributed by atoms with van der Waals surface area (Å²) in [6, 6.07) is 6.05. The highest BCUT2D eigenvalue weighted by Gasteiger charge is 2.29. The topological polar surface area (TPSA) is 52.7 Å². The molecule has 2 saturated heterocycles. The Morgan fingerprint density at radius 1 is 1.08 bits per heavy atom. The van der Waals surface area contributed by atoms with E-state index in [1.54, 1.807) is 17.0 Å². The summed E-state index contributed by atoms with van der Waals surface area (Å²) >= 11 is 0. The highest BCUT2D eigenvalue weighted by atomic mass is 35.5. The summed E-state index contributed by atoms with van der Waals surface area (Å²) in [6.07, 6.45) is 1.61. The van der Waals surface area contributed by atoms with Crippen LogP contribution in [0.4, 0.5) is 4.39 Å². The van der Waals surface area contributed by atoms with Gasteiger partial charge in [-0.3, -0.25) is 9.59 Å². The van der Waals surface area contributed by atoms with E-state index in [9.17, 15) is 14.0 Å². The number of carbonyl (C=O) groups excluding carboxylic acids is 2. The van der Waals surface area contributed by atoms with Crippen molar-refractivity contribution in [1.82, 2.24) is 15.1 Å². The molecule has 0 spiro atoms. The molecule has 132 valence electrons. The number of hydrogen-bond donors (Lipinski definition) is 1. The van der Waals surface area contributed by atoms with Gasteiger partial charge in [0.1, 0.15) is 5.82 Å². The van der Waals surface area contributed by atoms with Gasteiger partial charge in [-0.25, -0.2) is 4.39 Å². The summed E-state index contributed by atoms with van der Waals surface area (Å²) in [5, 5.41) is 3.21. The van der Waals surface area contributed by atoms with Crippen LogP contribution in [0.3, 0.4) is 0 Å². The Labute approximate surface area is 147 Å². The van der Waals surface area contributed by atoms with E-state index in [0.29, 0.717) is 26.2 Å². The molecular formula is C17H23ClFN3O2. The fourth-order valence-electron chi connectivity index (χ4n) is 3.27. The predicted molar refractivity (Wildman–Crippen MR) is 91.7 cm³/mol. The minimum atomic E-state index is -0.494. The Morgan fingerprint density at radius 2 is 1.79 bits per heavy atom. The number of benzene rings is 1. The van der Waals surface area contributed by atoms with Crippen LogP contribution in [0.15, 0.2) is 24.3 Å². The van der Waals surface area contributed by atoms with Crippen molar-refractivity contribution in [3.05, 3.63) is 35.6 Å². The standard InChI is InChI=1S/C17H22FN3O2.ClH/c18-15-5-2-1-4-14(15)17(23)21-9-3-8-20(10-11-21)16(22)13-6-7-19-12-13;/h1-2,4-5,13,19H,3,6-12H2;1H. The zero-order valence-corrected chi connectivity index (χ0v) is 14.4. The quantitative estimate of drug-likeness (QED) is 0.875. The van der Waals surface area contributed by atoms with Crippen molar-refractivity contribution in [3.63, 3.8) is 0 Å². The fourth-order valence-corrected chi connectivity index (χ4v) is 3.27. The van der Waals surface area contributed by atoms with Crippen molar-refractivity contribution in [2.75, 3.05) is 39.3 Å². The molecule has 1 unspecified atom stereocenters. The average Bonchev–Trinajstić information content (AvgIpc) is 2.98. The van der Waals surface area contributed by atoms with E-state index in [4.69, 9.17) is 0 Å². The second-order valence-corrected chi connectivity index (χ2v) is 6.14. The summed E-state index contributed by atoms with van der Waals surface area (Å²) in [7, 11) is 0. The largest absolute Gasteiger partial charge is 0.341 e. The van der Waals surface area contributed by atoms with E-state index >= 15 is 0 Å². The maximum Gasteiger partial charge on any atom is 0.256 e. The maximum atomic E-state index is 13.8. The van der Waals surface area contributed by atoms with Crippen LogP contribution < -0.4 is 5.32 Å². The molecule has 1 aromatic carbocycles. The van der Waals surface area contributed by atoms with Crippen LogP contribution in [-0.4, -0.2) is 60.9 Å². The highest BCUT2D eigenvalue weighted by molar-refractivity contribution is 5.94. The van der Waals surface area contributed by atoms with Crippen LogP contribution >= 0.6 is 12.4 Å². The Kier molecular flexibility index (Phi) is 6.57. The van der Waals surface area contributed by atoms with Gasteiger partial charge in [0, 0.05) is 32.7 Å². The molecule has 2 heterocycles. The van der Waals surface area contributed by atoms with Gasteiger partial charge in [0.2, 0.25) is 5.91 Å². The molecule has 1 N–H and O–H groups in total. The number of carbonyl (C=O) groups is 2. The van der Waals surface area contributed by atoms with E-state index in [1.807, 2.05) is 4.90 Å². The fraction of sp³-hybridized carbons (Fsp3) is 0.529. The molecule has 7 heteroatoms. The first kappa shape index (κ1) is 18.7. The number of halogens is 2. The van der Waals surface area contributed by atoms with Gasteiger partial charge in [-0.15, -0.1) is 12.4 Å². The van der Waals surface area contributed by atoms with E-state index in [-0.39, 0.29) is 35.7 Å². The molecule has 5 nitrogen and oxygen atoms in total. The first-order chi connectivity index (χ1) is 11.2. The first-order valence-corrected chi connectivity index (χ1v) is 8.20. The number of rotatable bonds is 2. The van der Waals surface area contributed by atoms with Crippen LogP contribution in [0.5, 0.6) is 0 Å². The van der Waals surface area contributed by atoms with Crippen molar-refractivity contribution in [3.8, 4) is 0 Å². The Bertz CT molecular complexity index is 593. The summed E-state index contributed by atoms with van der Waals surface area (Å²) < 4.78 is 13.8. The number of nitrogens with one attached hydrogen (secondary N) is 1. The molecule has 2 amide bonds. The van der Waals surface area contributed by atoms with E-state index < -0.39 is 5.82 Å². The molecule has 0 bridgehead atoms. The number of hydrogen-bond acceptors (Lipinski definition) is 3. The second-order valence-electron chi connectivity index (χ2n) is 6.14. The van der Waals surface area contributed by atoms with Crippen molar-refractivity contribution in [1.29, 1.82) is 0 Å². The van der Waals surface area contributed by atoms with Gasteiger partial charge in [-0.05, 0) is 31.5 Å². The molecule has 0 saturated carbocycles. The van der Waals surface area contributed by atoms with Crippen LogP contribution in [0.25, 0.3) is 0 Å². The summed E-state index contributed by atoms with van der Waals surface area (Å²) in [5.41, 5.74) is 0.104. The minimum Gasteiger partial charge on any atom is -0.341 e. The van der Waals surface area contributed by atoms with Gasteiger partial charge in [0.15, 0.2) is 0 Å². The monoisotopic (exact) mass is 355 g/mol. The highest BCUT2D eigenvalue weighted by Crippen LogP contribution is 2.16. The SMILES string of the molecule is Cl.O=C(c1ccccc1F)N1CCCN(C(=O)C2CCNC2)CC1. The minimum absolute atomic E-state index is 0. The Morgan fingerprint density at radius 3 is 2.50 bits per heavy atom. The molecule has 0 aliphatic carbocycles. The summed E-state index contributed by atoms with van der Waals surface area (Å²) in [4.78, 5) is 28.5. The molecule has 1 atom stereocenters. The lowest BCUT2D eigenvalue weighted by Gasteiger charge is -2.24. The van der Waals surface area contributed by atoms with E-state index in [2.05, 4.69) is 5.32 Å². The third-order valence-corrected chi connectivity index (χ3v) is 4.61. The van der Waals surface area contributed by atoms with Crippen LogP contribution in [0.2, 0.25) is 0 Å². The third-order valence-electron chi connectivity index (χ3n) is 4.61. The van der Waals surface area contributed by atoms with Gasteiger partial charge in [-0.1, -0.05) is 12.1 Å². The Hall–Kier alpha value is -1.66. The summed E-state index contributed by atoms with van der Waals surface area (Å²) in [5.74, 6) is -0.550. The average molecular weight is 356 g/mol. The first-order valence-electron chi connectivity index (χ1n) is 8.20. The zero-order chi connectivity index (χ0) is 16.2. The van der Waals surface area contributed by atoms with Crippen molar-refractivity contribution >= 4 is 24.2 Å². The maximum absolute atomic E-state index is 13.8. The second kappa shape index (κ2) is 8.44. The predicted octanol–water partition coefficient (Wildman–Crippen LogP) is 1.53. The van der Waals surface area contributed by atoms with Crippen molar-refractivity contribution in [2.24, 2.45) is 5.92 Å². The smallest absolute Gasteiger partial charge is 0.256 e. The van der Waals surface area contributed by atoms with Crippen LogP contribution in [0, 0.1) is 11.7 Å². The van der Waals surface area contributed by atoms with Gasteiger partial charge >= 0.3 is 0 Å². The molecule has 3 rings (SSSR count). The van der Waals surface area contributed by atoms with E-state index in [1.165, 1.54) is 12.1 Å². The molecule has 2 aliphatic heterocycles. The normalized spacial score (nSPS) is 21.1. The van der Waals surface area contributed by atoms with Gasteiger partial charge < -0.3 is 15.1 Å². The molecule has 0 aromatic heterocycles. The summed E-state index contributed by atoms with van der Waals surface area (Å²) in [6.45, 7) is 3.83. The van der Waals surface area contributed by atoms with Gasteiger partial charge in [-0.2, -0.15) is 0 Å². The van der Waals surface area contributed by atoms with Crippen LogP contribution in [-0.2, 0) is 4.79 Å². The number of nitrogens with zero attached hydrogens (tertiary/aromatic N) is 2. The lowest BCUT2D eigenvalue weighted by atomic mass is 10.1. The molecule has 1 aromatic rings. The van der Waals surface area contributed by atoms with Crippen molar-refractivity contribution < 1.29 is 14.0 Å². The Balaban J connectivity index is 0.00000208. The molecule has 0 radical (unpaired) electrons. The van der Waals surface area contributed by atoms with E-state index in [0.717, 1.165) is 25.9 Å².